The maximum atomic E-state index is 13.2. The molecule has 4 rings (SSSR count). The summed E-state index contributed by atoms with van der Waals surface area (Å²) in [5.41, 5.74) is -0.0445. The number of hydrogen-bond acceptors (Lipinski definition) is 6. The zero-order chi connectivity index (χ0) is 24.9. The van der Waals surface area contributed by atoms with Gasteiger partial charge in [-0.1, -0.05) is 58.1 Å². The van der Waals surface area contributed by atoms with E-state index in [4.69, 9.17) is 18.9 Å². The first-order valence-corrected chi connectivity index (χ1v) is 13.4. The smallest absolute Gasteiger partial charge is 0.359 e. The summed E-state index contributed by atoms with van der Waals surface area (Å²) in [4.78, 5) is 25.1. The minimum absolute atomic E-state index is 0.205. The molecule has 0 bridgehead atoms. The second kappa shape index (κ2) is 11.3. The molecule has 2 aliphatic heterocycles. The fraction of sp³-hybridized carbons (Fsp3) is 0.714. The number of para-hydroxylation sites is 1. The molecule has 35 heavy (non-hydrogen) atoms. The van der Waals surface area contributed by atoms with E-state index in [0.29, 0.717) is 43.8 Å². The van der Waals surface area contributed by atoms with Gasteiger partial charge in [0.2, 0.25) is 5.79 Å². The van der Waals surface area contributed by atoms with Gasteiger partial charge in [-0.2, -0.15) is 0 Å². The van der Waals surface area contributed by atoms with E-state index >= 15 is 0 Å². The van der Waals surface area contributed by atoms with Gasteiger partial charge in [0, 0.05) is 12.3 Å². The van der Waals surface area contributed by atoms with Gasteiger partial charge in [-0.25, -0.2) is 14.7 Å². The minimum Gasteiger partial charge on any atom is -0.459 e. The van der Waals surface area contributed by atoms with Gasteiger partial charge in [-0.3, -0.25) is 0 Å². The Morgan fingerprint density at radius 3 is 2.29 bits per heavy atom. The topological polar surface area (TPSA) is 97.6 Å². The zero-order valence-corrected chi connectivity index (χ0v) is 21.1. The molecule has 0 aromatic heterocycles. The quantitative estimate of drug-likeness (QED) is 0.192. The van der Waals surface area contributed by atoms with E-state index in [1.54, 1.807) is 18.2 Å². The number of esters is 1. The molecule has 5 atom stereocenters. The van der Waals surface area contributed by atoms with E-state index in [-0.39, 0.29) is 12.0 Å². The first-order valence-electron chi connectivity index (χ1n) is 13.4. The van der Waals surface area contributed by atoms with Crippen molar-refractivity contribution in [3.05, 3.63) is 29.8 Å². The molecule has 1 saturated carbocycles. The Morgan fingerprint density at radius 2 is 1.66 bits per heavy atom. The molecule has 3 aliphatic rings. The van der Waals surface area contributed by atoms with Gasteiger partial charge in [0.05, 0.1) is 18.1 Å². The van der Waals surface area contributed by atoms with E-state index in [0.717, 1.165) is 51.4 Å². The van der Waals surface area contributed by atoms with Crippen LogP contribution >= 0.6 is 0 Å². The molecule has 0 spiro atoms. The van der Waals surface area contributed by atoms with E-state index in [1.807, 2.05) is 6.07 Å². The monoisotopic (exact) mass is 487 g/mol. The SMILES string of the molecule is CCCCCC1(Oc2ccccc2C(=O)OC2CCC(C([O])=O)C(C3(CCCCC)CO3)C2)CO1. The van der Waals surface area contributed by atoms with Gasteiger partial charge in [0.15, 0.2) is 0 Å². The average Bonchev–Trinajstić information content (AvgIpc) is 3.77. The maximum absolute atomic E-state index is 13.2. The van der Waals surface area contributed by atoms with Crippen LogP contribution in [0.3, 0.4) is 0 Å². The molecule has 1 aromatic rings. The molecular formula is C28H39O7. The molecule has 7 nitrogen and oxygen atoms in total. The first-order chi connectivity index (χ1) is 16.9. The van der Waals surface area contributed by atoms with Gasteiger partial charge >= 0.3 is 11.9 Å². The molecule has 2 saturated heterocycles. The summed E-state index contributed by atoms with van der Waals surface area (Å²) >= 11 is 0. The molecule has 2 heterocycles. The number of rotatable bonds is 14. The van der Waals surface area contributed by atoms with Gasteiger partial charge < -0.3 is 18.9 Å². The molecule has 1 radical (unpaired) electrons. The van der Waals surface area contributed by atoms with Crippen LogP contribution in [-0.4, -0.2) is 42.6 Å². The third-order valence-corrected chi connectivity index (χ3v) is 7.80. The Hall–Kier alpha value is -2.12. The summed E-state index contributed by atoms with van der Waals surface area (Å²) < 4.78 is 23.6. The van der Waals surface area contributed by atoms with Crippen molar-refractivity contribution in [2.45, 2.75) is 102 Å². The number of ether oxygens (including phenoxy) is 4. The summed E-state index contributed by atoms with van der Waals surface area (Å²) in [6.45, 7) is 5.39. The van der Waals surface area contributed by atoms with Gasteiger partial charge in [0.1, 0.15) is 24.0 Å². The Labute approximate surface area is 208 Å². The summed E-state index contributed by atoms with van der Waals surface area (Å²) in [7, 11) is 0. The zero-order valence-electron chi connectivity index (χ0n) is 21.1. The second-order valence-electron chi connectivity index (χ2n) is 10.4. The van der Waals surface area contributed by atoms with Crippen LogP contribution in [0.25, 0.3) is 0 Å². The second-order valence-corrected chi connectivity index (χ2v) is 10.4. The molecule has 0 N–H and O–H groups in total. The number of carbonyl (C=O) groups excluding carboxylic acids is 2. The molecule has 0 amide bonds. The lowest BCUT2D eigenvalue weighted by atomic mass is 9.70. The molecule has 7 heteroatoms. The first kappa shape index (κ1) is 26.0. The van der Waals surface area contributed by atoms with Crippen LogP contribution < -0.4 is 4.74 Å². The Morgan fingerprint density at radius 1 is 0.971 bits per heavy atom. The molecule has 193 valence electrons. The van der Waals surface area contributed by atoms with Crippen molar-refractivity contribution >= 4 is 11.9 Å². The fourth-order valence-corrected chi connectivity index (χ4v) is 5.53. The van der Waals surface area contributed by atoms with Crippen LogP contribution in [-0.2, 0) is 24.1 Å². The summed E-state index contributed by atoms with van der Waals surface area (Å²) in [6, 6.07) is 7.11. The van der Waals surface area contributed by atoms with Crippen LogP contribution in [0, 0.1) is 11.8 Å². The Kier molecular flexibility index (Phi) is 8.38. The molecule has 3 fully saturated rings. The summed E-state index contributed by atoms with van der Waals surface area (Å²) in [5, 5.41) is 11.9. The third kappa shape index (κ3) is 6.36. The molecular weight excluding hydrogens is 448 g/mol. The van der Waals surface area contributed by atoms with Crippen LogP contribution in [0.5, 0.6) is 5.75 Å². The highest BCUT2D eigenvalue weighted by atomic mass is 16.8. The minimum atomic E-state index is -1.03. The van der Waals surface area contributed by atoms with Crippen molar-refractivity contribution in [1.82, 2.24) is 0 Å². The highest BCUT2D eigenvalue weighted by Gasteiger charge is 2.57. The number of carbonyl (C=O) groups is 2. The van der Waals surface area contributed by atoms with Gasteiger partial charge in [0.25, 0.3) is 0 Å². The fourth-order valence-electron chi connectivity index (χ4n) is 5.53. The van der Waals surface area contributed by atoms with E-state index in [1.165, 1.54) is 0 Å². The van der Waals surface area contributed by atoms with Crippen molar-refractivity contribution in [3.63, 3.8) is 0 Å². The molecule has 1 aromatic carbocycles. The van der Waals surface area contributed by atoms with E-state index < -0.39 is 29.2 Å². The largest absolute Gasteiger partial charge is 0.459 e. The average molecular weight is 488 g/mol. The standard InChI is InChI=1S/C28H39O7/c1-3-5-9-15-27(18-32-27)23-17-20(13-14-21(23)25(29)30)34-26(31)22-11-7-8-12-24(22)35-28(19-33-28)16-10-6-4-2/h7-8,11-12,20-21,23H,3-6,9-10,13-19H2,1-2H3. The van der Waals surface area contributed by atoms with E-state index in [2.05, 4.69) is 13.8 Å². The number of unbranched alkanes of at least 4 members (excludes halogenated alkanes) is 4. The van der Waals surface area contributed by atoms with Crippen molar-refractivity contribution in [3.8, 4) is 5.75 Å². The van der Waals surface area contributed by atoms with Crippen molar-refractivity contribution in [2.75, 3.05) is 13.2 Å². The lowest BCUT2D eigenvalue weighted by molar-refractivity contribution is -0.154. The van der Waals surface area contributed by atoms with Gasteiger partial charge in [-0.05, 0) is 44.2 Å². The molecule has 1 aliphatic carbocycles. The number of benzene rings is 1. The predicted molar refractivity (Wildman–Crippen MR) is 128 cm³/mol. The number of hydrogen-bond donors (Lipinski definition) is 0. The lowest BCUT2D eigenvalue weighted by Crippen LogP contribution is -2.42. The Balaban J connectivity index is 1.41. The van der Waals surface area contributed by atoms with E-state index in [9.17, 15) is 14.7 Å². The van der Waals surface area contributed by atoms with Crippen molar-refractivity contribution in [1.29, 1.82) is 0 Å². The third-order valence-electron chi connectivity index (χ3n) is 7.80. The lowest BCUT2D eigenvalue weighted by Gasteiger charge is -2.36. The Bertz CT molecular complexity index is 874. The normalized spacial score (nSPS) is 31.5. The molecule has 5 unspecified atom stereocenters. The van der Waals surface area contributed by atoms with Crippen LogP contribution in [0.15, 0.2) is 24.3 Å². The predicted octanol–water partition coefficient (Wildman–Crippen LogP) is 5.62. The van der Waals surface area contributed by atoms with Crippen LogP contribution in [0.4, 0.5) is 0 Å². The van der Waals surface area contributed by atoms with Crippen LogP contribution in [0.2, 0.25) is 0 Å². The van der Waals surface area contributed by atoms with Crippen LogP contribution in [0.1, 0.15) is 94.8 Å². The van der Waals surface area contributed by atoms with Crippen molar-refractivity contribution < 1.29 is 33.6 Å². The maximum Gasteiger partial charge on any atom is 0.359 e. The highest BCUT2D eigenvalue weighted by Crippen LogP contribution is 2.50. The number of epoxide rings is 2. The van der Waals surface area contributed by atoms with Gasteiger partial charge in [-0.15, -0.1) is 0 Å². The van der Waals surface area contributed by atoms with Crippen molar-refractivity contribution in [2.24, 2.45) is 11.8 Å². The summed E-state index contributed by atoms with van der Waals surface area (Å²) in [6.07, 6.45) is 9.09. The highest BCUT2D eigenvalue weighted by molar-refractivity contribution is 5.92. The summed E-state index contributed by atoms with van der Waals surface area (Å²) in [5.74, 6) is -2.42.